The second-order valence-electron chi connectivity index (χ2n) is 4.80. The zero-order valence-electron chi connectivity index (χ0n) is 11.8. The number of thioether (sulfide) groups is 2. The van der Waals surface area contributed by atoms with Crippen LogP contribution in [-0.4, -0.2) is 41.2 Å². The number of hydrogen-bond donors (Lipinski definition) is 0. The van der Waals surface area contributed by atoms with Gasteiger partial charge in [-0.1, -0.05) is 12.1 Å². The fourth-order valence-corrected chi connectivity index (χ4v) is 3.70. The Kier molecular flexibility index (Phi) is 5.00. The van der Waals surface area contributed by atoms with Crippen LogP contribution in [0.2, 0.25) is 0 Å². The number of nitriles is 1. The first-order valence-electron chi connectivity index (χ1n) is 6.54. The fraction of sp³-hybridized carbons (Fsp3) is 0.467. The van der Waals surface area contributed by atoms with Crippen molar-refractivity contribution in [3.8, 4) is 6.07 Å². The molecule has 1 fully saturated rings. The van der Waals surface area contributed by atoms with E-state index in [1.165, 1.54) is 0 Å². The number of hydrogen-bond acceptors (Lipinski definition) is 4. The van der Waals surface area contributed by atoms with Crippen molar-refractivity contribution in [3.05, 3.63) is 29.8 Å². The molecule has 0 aromatic heterocycles. The highest BCUT2D eigenvalue weighted by molar-refractivity contribution is 8.00. The molecule has 2 rings (SSSR count). The summed E-state index contributed by atoms with van der Waals surface area (Å²) in [6.45, 7) is 1.33. The van der Waals surface area contributed by atoms with E-state index in [0.717, 1.165) is 23.3 Å². The van der Waals surface area contributed by atoms with Crippen LogP contribution in [0.25, 0.3) is 0 Å². The molecule has 0 bridgehead atoms. The standard InChI is InChI=1S/C15H18N2OS2/c1-19-13-6-4-3-5-12(13)14(18)17-9-7-15(11-16,20-2)8-10-17/h3-6H,7-10H2,1-2H3. The Balaban J connectivity index is 2.11. The van der Waals surface area contributed by atoms with Crippen molar-refractivity contribution in [3.63, 3.8) is 0 Å². The van der Waals surface area contributed by atoms with Crippen LogP contribution >= 0.6 is 23.5 Å². The van der Waals surface area contributed by atoms with E-state index in [0.29, 0.717) is 13.1 Å². The van der Waals surface area contributed by atoms with Crippen LogP contribution < -0.4 is 0 Å². The quantitative estimate of drug-likeness (QED) is 0.804. The molecule has 0 aliphatic carbocycles. The molecule has 0 atom stereocenters. The highest BCUT2D eigenvalue weighted by Crippen LogP contribution is 2.34. The largest absolute Gasteiger partial charge is 0.338 e. The van der Waals surface area contributed by atoms with Crippen molar-refractivity contribution in [2.45, 2.75) is 22.5 Å². The Morgan fingerprint density at radius 3 is 2.50 bits per heavy atom. The van der Waals surface area contributed by atoms with E-state index >= 15 is 0 Å². The smallest absolute Gasteiger partial charge is 0.254 e. The van der Waals surface area contributed by atoms with Crippen LogP contribution in [0.1, 0.15) is 23.2 Å². The third-order valence-corrected chi connectivity index (χ3v) is 5.87. The van der Waals surface area contributed by atoms with Crippen molar-refractivity contribution in [2.24, 2.45) is 0 Å². The first-order valence-corrected chi connectivity index (χ1v) is 8.99. The molecule has 1 amide bonds. The lowest BCUT2D eigenvalue weighted by molar-refractivity contribution is 0.0713. The van der Waals surface area contributed by atoms with E-state index in [1.54, 1.807) is 23.5 Å². The Bertz CT molecular complexity index is 531. The molecule has 1 aromatic rings. The third kappa shape index (κ3) is 2.97. The molecule has 1 heterocycles. The maximum absolute atomic E-state index is 12.6. The Labute approximate surface area is 128 Å². The topological polar surface area (TPSA) is 44.1 Å². The first kappa shape index (κ1) is 15.3. The van der Waals surface area contributed by atoms with Gasteiger partial charge in [-0.2, -0.15) is 5.26 Å². The van der Waals surface area contributed by atoms with E-state index in [1.807, 2.05) is 41.7 Å². The maximum atomic E-state index is 12.6. The molecule has 3 nitrogen and oxygen atoms in total. The molecular formula is C15H18N2OS2. The van der Waals surface area contributed by atoms with Gasteiger partial charge < -0.3 is 4.90 Å². The number of amides is 1. The summed E-state index contributed by atoms with van der Waals surface area (Å²) in [5, 5.41) is 9.29. The normalized spacial score (nSPS) is 17.6. The lowest BCUT2D eigenvalue weighted by Crippen LogP contribution is -2.44. The summed E-state index contributed by atoms with van der Waals surface area (Å²) in [7, 11) is 0. The van der Waals surface area contributed by atoms with Crippen molar-refractivity contribution in [2.75, 3.05) is 25.6 Å². The summed E-state index contributed by atoms with van der Waals surface area (Å²) >= 11 is 3.20. The number of carbonyl (C=O) groups is 1. The van der Waals surface area contributed by atoms with Gasteiger partial charge in [-0.25, -0.2) is 0 Å². The van der Waals surface area contributed by atoms with Gasteiger partial charge >= 0.3 is 0 Å². The molecule has 1 aliphatic heterocycles. The van der Waals surface area contributed by atoms with E-state index in [-0.39, 0.29) is 10.7 Å². The summed E-state index contributed by atoms with van der Waals surface area (Å²) in [4.78, 5) is 15.5. The summed E-state index contributed by atoms with van der Waals surface area (Å²) in [6, 6.07) is 10.1. The van der Waals surface area contributed by atoms with Gasteiger partial charge in [0.1, 0.15) is 4.75 Å². The lowest BCUT2D eigenvalue weighted by atomic mass is 9.96. The fourth-order valence-electron chi connectivity index (χ4n) is 2.42. The maximum Gasteiger partial charge on any atom is 0.254 e. The van der Waals surface area contributed by atoms with Gasteiger partial charge in [0.15, 0.2) is 0 Å². The van der Waals surface area contributed by atoms with Crippen LogP contribution in [-0.2, 0) is 0 Å². The summed E-state index contributed by atoms with van der Waals surface area (Å²) < 4.78 is -0.310. The average Bonchev–Trinajstić information content (AvgIpc) is 2.54. The average molecular weight is 306 g/mol. The highest BCUT2D eigenvalue weighted by Gasteiger charge is 2.35. The number of rotatable bonds is 3. The van der Waals surface area contributed by atoms with E-state index in [9.17, 15) is 10.1 Å². The Hall–Kier alpha value is -1.12. The van der Waals surface area contributed by atoms with Gasteiger partial charge in [-0.3, -0.25) is 4.79 Å². The van der Waals surface area contributed by atoms with Crippen molar-refractivity contribution in [1.29, 1.82) is 5.26 Å². The molecule has 0 unspecified atom stereocenters. The summed E-state index contributed by atoms with van der Waals surface area (Å²) in [5.41, 5.74) is 0.772. The van der Waals surface area contributed by atoms with Crippen molar-refractivity contribution >= 4 is 29.4 Å². The molecular weight excluding hydrogens is 288 g/mol. The molecule has 0 spiro atoms. The minimum atomic E-state index is -0.310. The molecule has 0 N–H and O–H groups in total. The van der Waals surface area contributed by atoms with Crippen LogP contribution in [0.4, 0.5) is 0 Å². The van der Waals surface area contributed by atoms with Gasteiger partial charge in [-0.05, 0) is 37.5 Å². The van der Waals surface area contributed by atoms with E-state index < -0.39 is 0 Å². The van der Waals surface area contributed by atoms with Crippen molar-refractivity contribution < 1.29 is 4.79 Å². The summed E-state index contributed by atoms with van der Waals surface area (Å²) in [6.07, 6.45) is 5.45. The molecule has 20 heavy (non-hydrogen) atoms. The second-order valence-corrected chi connectivity index (χ2v) is 6.84. The minimum absolute atomic E-state index is 0.0857. The number of carbonyl (C=O) groups excluding carboxylic acids is 1. The van der Waals surface area contributed by atoms with Crippen LogP contribution in [0.5, 0.6) is 0 Å². The predicted molar refractivity (Wildman–Crippen MR) is 85.2 cm³/mol. The van der Waals surface area contributed by atoms with Gasteiger partial charge in [0.05, 0.1) is 11.6 Å². The molecule has 0 saturated carbocycles. The first-order chi connectivity index (χ1) is 9.65. The van der Waals surface area contributed by atoms with Gasteiger partial charge in [0.25, 0.3) is 5.91 Å². The molecule has 0 radical (unpaired) electrons. The monoisotopic (exact) mass is 306 g/mol. The van der Waals surface area contributed by atoms with E-state index in [2.05, 4.69) is 6.07 Å². The number of likely N-dealkylation sites (tertiary alicyclic amines) is 1. The van der Waals surface area contributed by atoms with Crippen LogP contribution in [0.15, 0.2) is 29.2 Å². The highest BCUT2D eigenvalue weighted by atomic mass is 32.2. The molecule has 5 heteroatoms. The van der Waals surface area contributed by atoms with Crippen LogP contribution in [0.3, 0.4) is 0 Å². The molecule has 1 aromatic carbocycles. The molecule has 1 saturated heterocycles. The number of benzene rings is 1. The number of nitrogens with zero attached hydrogens (tertiary/aromatic N) is 2. The molecule has 1 aliphatic rings. The van der Waals surface area contributed by atoms with Crippen LogP contribution in [0, 0.1) is 11.3 Å². The van der Waals surface area contributed by atoms with Gasteiger partial charge in [0.2, 0.25) is 0 Å². The zero-order valence-corrected chi connectivity index (χ0v) is 13.4. The Morgan fingerprint density at radius 2 is 1.95 bits per heavy atom. The lowest BCUT2D eigenvalue weighted by Gasteiger charge is -2.36. The Morgan fingerprint density at radius 1 is 1.30 bits per heavy atom. The van der Waals surface area contributed by atoms with Crippen molar-refractivity contribution in [1.82, 2.24) is 4.90 Å². The predicted octanol–water partition coefficient (Wildman–Crippen LogP) is 3.27. The SMILES string of the molecule is CSc1ccccc1C(=O)N1CCC(C#N)(SC)CC1. The minimum Gasteiger partial charge on any atom is -0.338 e. The van der Waals surface area contributed by atoms with Gasteiger partial charge in [0, 0.05) is 18.0 Å². The third-order valence-electron chi connectivity index (χ3n) is 3.79. The molecule has 106 valence electrons. The summed E-state index contributed by atoms with van der Waals surface area (Å²) in [5.74, 6) is 0.0857. The second kappa shape index (κ2) is 6.55. The van der Waals surface area contributed by atoms with E-state index in [4.69, 9.17) is 0 Å². The van der Waals surface area contributed by atoms with Gasteiger partial charge in [-0.15, -0.1) is 23.5 Å². The zero-order chi connectivity index (χ0) is 14.6. The number of piperidine rings is 1.